The van der Waals surface area contributed by atoms with E-state index in [-0.39, 0.29) is 24.0 Å². The van der Waals surface area contributed by atoms with Crippen LogP contribution in [-0.2, 0) is 0 Å². The van der Waals surface area contributed by atoms with Crippen LogP contribution in [0.1, 0.15) is 32.6 Å². The molecule has 0 bridgehead atoms. The second kappa shape index (κ2) is 10.3. The van der Waals surface area contributed by atoms with Crippen LogP contribution >= 0.6 is 7.92 Å². The molecule has 0 aromatic heterocycles. The maximum atomic E-state index is 12.5. The summed E-state index contributed by atoms with van der Waals surface area (Å²) in [4.78, 5) is 25.0. The molecule has 0 amide bonds. The first kappa shape index (κ1) is 23.7. The number of hydrogen-bond donors (Lipinski definition) is 3. The van der Waals surface area contributed by atoms with E-state index >= 15 is 0 Å². The van der Waals surface area contributed by atoms with Crippen LogP contribution < -0.4 is 37.8 Å². The van der Waals surface area contributed by atoms with Crippen molar-refractivity contribution in [3.05, 3.63) is 105 Å². The van der Waals surface area contributed by atoms with Gasteiger partial charge in [-0.05, 0) is 43.6 Å². The fraction of sp³-hybridized carbons (Fsp3) is 0.310. The monoisotopic (exact) mass is 485 g/mol. The van der Waals surface area contributed by atoms with Gasteiger partial charge in [-0.15, -0.1) is 0 Å². The standard InChI is InChI=1S/C29H32N3O2P/c1-19(31-26-27(29(34)28(26)33)32-24-17-9-8-16-23(24)30)22-15-10-18-25(22)35(20-11-4-2-5-12-20)21-13-6-3-7-14-21/h2-7,10-15,18-19,22-24,31-32H,8-9,16-17,30H2,1H3/t19-,22+,23+,24+/m1/s1. The smallest absolute Gasteiger partial charge is 0.253 e. The van der Waals surface area contributed by atoms with E-state index in [1.807, 2.05) is 12.1 Å². The minimum Gasteiger partial charge on any atom is -0.377 e. The van der Waals surface area contributed by atoms with E-state index in [4.69, 9.17) is 5.73 Å². The van der Waals surface area contributed by atoms with Crippen LogP contribution in [0.5, 0.6) is 0 Å². The number of benzene rings is 2. The summed E-state index contributed by atoms with van der Waals surface area (Å²) in [7, 11) is -0.727. The second-order valence-corrected chi connectivity index (χ2v) is 11.8. The minimum atomic E-state index is -0.727. The molecule has 0 radical (unpaired) electrons. The summed E-state index contributed by atoms with van der Waals surface area (Å²) in [6.45, 7) is 2.09. The molecule has 4 atom stereocenters. The third-order valence-electron chi connectivity index (χ3n) is 7.18. The van der Waals surface area contributed by atoms with Crippen LogP contribution in [0.2, 0.25) is 0 Å². The van der Waals surface area contributed by atoms with Crippen molar-refractivity contribution in [2.75, 3.05) is 10.6 Å². The molecule has 5 nitrogen and oxygen atoms in total. The Morgan fingerprint density at radius 1 is 0.886 bits per heavy atom. The zero-order valence-electron chi connectivity index (χ0n) is 20.0. The molecule has 35 heavy (non-hydrogen) atoms. The largest absolute Gasteiger partial charge is 0.377 e. The third kappa shape index (κ3) is 4.76. The van der Waals surface area contributed by atoms with Crippen LogP contribution in [0.4, 0.5) is 11.4 Å². The fourth-order valence-electron chi connectivity index (χ4n) is 5.24. The van der Waals surface area contributed by atoms with Gasteiger partial charge in [0.15, 0.2) is 0 Å². The van der Waals surface area contributed by atoms with Gasteiger partial charge in [0.25, 0.3) is 10.9 Å². The molecule has 2 aliphatic carbocycles. The molecule has 1 saturated carbocycles. The Morgan fingerprint density at radius 3 is 2.11 bits per heavy atom. The molecule has 0 aliphatic heterocycles. The van der Waals surface area contributed by atoms with Gasteiger partial charge in [0.2, 0.25) is 0 Å². The van der Waals surface area contributed by atoms with Gasteiger partial charge in [0.05, 0.1) is 0 Å². The molecule has 0 saturated heterocycles. The van der Waals surface area contributed by atoms with E-state index in [9.17, 15) is 9.59 Å². The van der Waals surface area contributed by atoms with Crippen LogP contribution in [0.15, 0.2) is 93.8 Å². The Balaban J connectivity index is 1.39. The number of anilines is 2. The highest BCUT2D eigenvalue weighted by molar-refractivity contribution is 7.76. The number of rotatable bonds is 8. The predicted octanol–water partition coefficient (Wildman–Crippen LogP) is 3.97. The second-order valence-electron chi connectivity index (χ2n) is 9.55. The van der Waals surface area contributed by atoms with Gasteiger partial charge < -0.3 is 16.4 Å². The molecule has 6 heteroatoms. The molecule has 4 N–H and O–H groups in total. The predicted molar refractivity (Wildman–Crippen MR) is 148 cm³/mol. The quantitative estimate of drug-likeness (QED) is 0.332. The Hall–Kier alpha value is -3.01. The van der Waals surface area contributed by atoms with Gasteiger partial charge in [-0.3, -0.25) is 9.59 Å². The third-order valence-corrected chi connectivity index (χ3v) is 9.78. The number of hydrogen-bond acceptors (Lipinski definition) is 5. The van der Waals surface area contributed by atoms with Gasteiger partial charge in [0, 0.05) is 24.0 Å². The van der Waals surface area contributed by atoms with Crippen LogP contribution in [0.3, 0.4) is 0 Å². The summed E-state index contributed by atoms with van der Waals surface area (Å²) in [6.07, 6.45) is 10.6. The average molecular weight is 486 g/mol. The molecular weight excluding hydrogens is 453 g/mol. The van der Waals surface area contributed by atoms with Gasteiger partial charge in [0.1, 0.15) is 11.4 Å². The Labute approximate surface area is 207 Å². The lowest BCUT2D eigenvalue weighted by molar-refractivity contribution is 0.404. The Kier molecular flexibility index (Phi) is 6.99. The molecule has 1 fully saturated rings. The van der Waals surface area contributed by atoms with Gasteiger partial charge in [-0.25, -0.2) is 0 Å². The summed E-state index contributed by atoms with van der Waals surface area (Å²) in [5.41, 5.74) is 6.21. The zero-order chi connectivity index (χ0) is 24.4. The van der Waals surface area contributed by atoms with E-state index in [1.54, 1.807) is 0 Å². The van der Waals surface area contributed by atoms with Crippen molar-refractivity contribution in [2.24, 2.45) is 11.7 Å². The summed E-state index contributed by atoms with van der Waals surface area (Å²) >= 11 is 0. The fourth-order valence-corrected chi connectivity index (χ4v) is 7.92. The van der Waals surface area contributed by atoms with Crippen LogP contribution in [-0.4, -0.2) is 18.1 Å². The van der Waals surface area contributed by atoms with Crippen molar-refractivity contribution in [1.29, 1.82) is 0 Å². The first-order chi connectivity index (χ1) is 17.0. The lowest BCUT2D eigenvalue weighted by atomic mass is 9.90. The van der Waals surface area contributed by atoms with Gasteiger partial charge in [-0.1, -0.05) is 91.7 Å². The number of allylic oxidation sites excluding steroid dienone is 2. The summed E-state index contributed by atoms with van der Waals surface area (Å²) < 4.78 is 0. The molecular formula is C29H32N3O2P. The highest BCUT2D eigenvalue weighted by Crippen LogP contribution is 2.50. The lowest BCUT2D eigenvalue weighted by Gasteiger charge is -2.33. The first-order valence-electron chi connectivity index (χ1n) is 12.4. The van der Waals surface area contributed by atoms with E-state index in [0.717, 1.165) is 25.7 Å². The molecule has 0 spiro atoms. The normalized spacial score (nSPS) is 22.8. The molecule has 180 valence electrons. The van der Waals surface area contributed by atoms with Crippen LogP contribution in [0.25, 0.3) is 0 Å². The van der Waals surface area contributed by atoms with E-state index in [0.29, 0.717) is 11.4 Å². The lowest BCUT2D eigenvalue weighted by Crippen LogP contribution is -2.47. The Bertz CT molecular complexity index is 1260. The molecule has 3 aromatic carbocycles. The van der Waals surface area contributed by atoms with E-state index in [2.05, 4.69) is 84.3 Å². The molecule has 2 aliphatic rings. The molecule has 0 unspecified atom stereocenters. The van der Waals surface area contributed by atoms with Gasteiger partial charge in [-0.2, -0.15) is 0 Å². The zero-order valence-corrected chi connectivity index (χ0v) is 20.9. The number of nitrogens with one attached hydrogen (secondary N) is 2. The topological polar surface area (TPSA) is 84.2 Å². The molecule has 5 rings (SSSR count). The van der Waals surface area contributed by atoms with E-state index < -0.39 is 18.8 Å². The van der Waals surface area contributed by atoms with Crippen molar-refractivity contribution in [1.82, 2.24) is 0 Å². The van der Waals surface area contributed by atoms with Crippen molar-refractivity contribution < 1.29 is 0 Å². The molecule has 3 aromatic rings. The van der Waals surface area contributed by atoms with E-state index in [1.165, 1.54) is 15.9 Å². The highest BCUT2D eigenvalue weighted by atomic mass is 31.1. The van der Waals surface area contributed by atoms with Crippen LogP contribution in [0, 0.1) is 5.92 Å². The maximum Gasteiger partial charge on any atom is 0.253 e. The van der Waals surface area contributed by atoms with Gasteiger partial charge >= 0.3 is 0 Å². The Morgan fingerprint density at radius 2 is 1.49 bits per heavy atom. The van der Waals surface area contributed by atoms with Crippen molar-refractivity contribution >= 4 is 29.9 Å². The SMILES string of the molecule is C[C@@H](Nc1c(N[C@H]2CCCC[C@@H]2N)c(=O)c1=O)[C@@H]1C=CC=C1P(c1ccccc1)c1ccccc1. The number of nitrogens with two attached hydrogens (primary N) is 1. The van der Waals surface area contributed by atoms with Crippen molar-refractivity contribution in [2.45, 2.75) is 50.7 Å². The average Bonchev–Trinajstić information content (AvgIpc) is 3.37. The van der Waals surface area contributed by atoms with Crippen molar-refractivity contribution in [3.8, 4) is 0 Å². The minimum absolute atomic E-state index is 0.00558. The maximum absolute atomic E-state index is 12.5. The summed E-state index contributed by atoms with van der Waals surface area (Å²) in [6, 6.07) is 21.2. The first-order valence-corrected chi connectivity index (χ1v) is 13.8. The summed E-state index contributed by atoms with van der Waals surface area (Å²) in [5, 5.41) is 10.6. The van der Waals surface area contributed by atoms with Crippen molar-refractivity contribution in [3.63, 3.8) is 0 Å². The molecule has 0 heterocycles. The summed E-state index contributed by atoms with van der Waals surface area (Å²) in [5.74, 6) is 0.107. The highest BCUT2D eigenvalue weighted by Gasteiger charge is 2.33.